The van der Waals surface area contributed by atoms with E-state index in [4.69, 9.17) is 4.42 Å². The summed E-state index contributed by atoms with van der Waals surface area (Å²) in [5, 5.41) is 0. The maximum Gasteiger partial charge on any atom is 0.608 e. The molecule has 2 aromatic rings. The summed E-state index contributed by atoms with van der Waals surface area (Å²) in [4.78, 5) is 11.6. The average Bonchev–Trinajstić information content (AvgIpc) is 2.65. The SMILES string of the molecule is C=C(C)C(=O)[O+]=C1C=CC(=C(c2ccccc2)c2ccccc2)C=C1. The van der Waals surface area contributed by atoms with Gasteiger partial charge in [0, 0.05) is 12.2 Å². The molecule has 2 heteroatoms. The number of ketones is 1. The number of hydrogen-bond acceptors (Lipinski definition) is 1. The Morgan fingerprint density at radius 3 is 1.72 bits per heavy atom. The van der Waals surface area contributed by atoms with Crippen molar-refractivity contribution in [2.45, 2.75) is 6.92 Å². The van der Waals surface area contributed by atoms with E-state index in [0.717, 1.165) is 22.3 Å². The van der Waals surface area contributed by atoms with E-state index >= 15 is 0 Å². The van der Waals surface area contributed by atoms with E-state index in [2.05, 4.69) is 30.8 Å². The second-order valence-corrected chi connectivity index (χ2v) is 5.80. The predicted molar refractivity (Wildman–Crippen MR) is 102 cm³/mol. The first-order valence-electron chi connectivity index (χ1n) is 8.11. The van der Waals surface area contributed by atoms with Gasteiger partial charge in [0.2, 0.25) is 5.78 Å². The fraction of sp³-hybridized carbons (Fsp3) is 0.0435. The van der Waals surface area contributed by atoms with Crippen LogP contribution in [-0.2, 0) is 9.22 Å². The maximum absolute atomic E-state index is 11.6. The highest BCUT2D eigenvalue weighted by atomic mass is 16.5. The lowest BCUT2D eigenvalue weighted by Crippen LogP contribution is -2.07. The molecule has 122 valence electrons. The molecule has 0 heterocycles. The molecular formula is C23H19O2+. The Hall–Kier alpha value is -3.26. The molecule has 2 aromatic carbocycles. The number of carbonyl (C=O) groups excluding carboxylic acids is 2. The fourth-order valence-corrected chi connectivity index (χ4v) is 2.59. The van der Waals surface area contributed by atoms with Crippen molar-refractivity contribution in [2.24, 2.45) is 0 Å². The van der Waals surface area contributed by atoms with Crippen LogP contribution in [0.1, 0.15) is 18.1 Å². The Kier molecular flexibility index (Phi) is 5.00. The van der Waals surface area contributed by atoms with Gasteiger partial charge in [-0.3, -0.25) is 4.42 Å². The fourth-order valence-electron chi connectivity index (χ4n) is 2.59. The molecule has 0 unspecified atom stereocenters. The zero-order valence-corrected chi connectivity index (χ0v) is 14.1. The van der Waals surface area contributed by atoms with Crippen LogP contribution in [0.5, 0.6) is 0 Å². The molecule has 0 saturated heterocycles. The molecular weight excluding hydrogens is 308 g/mol. The first-order valence-corrected chi connectivity index (χ1v) is 8.11. The van der Waals surface area contributed by atoms with Gasteiger partial charge in [-0.1, -0.05) is 67.2 Å². The topological polar surface area (TPSA) is 28.4 Å². The van der Waals surface area contributed by atoms with Crippen LogP contribution >= 0.6 is 0 Å². The summed E-state index contributed by atoms with van der Waals surface area (Å²) >= 11 is 0. The number of hydrogen-bond donors (Lipinski definition) is 0. The van der Waals surface area contributed by atoms with Gasteiger partial charge in [-0.2, -0.15) is 0 Å². The summed E-state index contributed by atoms with van der Waals surface area (Å²) in [6.45, 7) is 5.23. The Balaban J connectivity index is 2.05. The molecule has 0 radical (unpaired) electrons. The van der Waals surface area contributed by atoms with Crippen LogP contribution in [0.15, 0.2) is 103 Å². The Labute approximate surface area is 147 Å². The van der Waals surface area contributed by atoms with Crippen LogP contribution in [0.4, 0.5) is 0 Å². The largest absolute Gasteiger partial charge is 0.608 e. The minimum atomic E-state index is -0.414. The van der Waals surface area contributed by atoms with Crippen molar-refractivity contribution in [3.05, 3.63) is 114 Å². The second-order valence-electron chi connectivity index (χ2n) is 5.80. The molecule has 0 fully saturated rings. The highest BCUT2D eigenvalue weighted by molar-refractivity contribution is 6.05. The summed E-state index contributed by atoms with van der Waals surface area (Å²) in [5.74, 6) is 0.0975. The highest BCUT2D eigenvalue weighted by Gasteiger charge is 2.17. The predicted octanol–water partition coefficient (Wildman–Crippen LogP) is 4.82. The van der Waals surface area contributed by atoms with Gasteiger partial charge in [-0.05, 0) is 41.3 Å². The third-order valence-electron chi connectivity index (χ3n) is 3.83. The van der Waals surface area contributed by atoms with E-state index in [0.29, 0.717) is 11.4 Å². The summed E-state index contributed by atoms with van der Waals surface area (Å²) in [6, 6.07) is 20.5. The molecule has 0 aromatic heterocycles. The molecule has 0 saturated carbocycles. The number of carbonyl (C=O) groups is 1. The van der Waals surface area contributed by atoms with Crippen LogP contribution < -0.4 is 0 Å². The Morgan fingerprint density at radius 1 is 0.800 bits per heavy atom. The molecule has 0 aliphatic heterocycles. The highest BCUT2D eigenvalue weighted by Crippen LogP contribution is 2.29. The van der Waals surface area contributed by atoms with Crippen LogP contribution in [-0.4, -0.2) is 11.8 Å². The molecule has 0 atom stereocenters. The van der Waals surface area contributed by atoms with Crippen molar-refractivity contribution in [1.29, 1.82) is 0 Å². The molecule has 0 N–H and O–H groups in total. The maximum atomic E-state index is 11.6. The number of benzene rings is 2. The van der Waals surface area contributed by atoms with Crippen molar-refractivity contribution in [1.82, 2.24) is 0 Å². The van der Waals surface area contributed by atoms with Crippen LogP contribution in [0.25, 0.3) is 5.57 Å². The van der Waals surface area contributed by atoms with E-state index in [1.807, 2.05) is 60.7 Å². The first-order chi connectivity index (χ1) is 12.1. The van der Waals surface area contributed by atoms with Crippen molar-refractivity contribution in [3.63, 3.8) is 0 Å². The van der Waals surface area contributed by atoms with Gasteiger partial charge in [0.1, 0.15) is 0 Å². The zero-order chi connectivity index (χ0) is 17.6. The standard InChI is InChI=1S/C23H19O2/c1-17(2)23(24)25-21-15-13-20(14-16-21)22(18-9-5-3-6-10-18)19-11-7-4-8-12-19/h3-16H,1H2,2H3/q+1. The van der Waals surface area contributed by atoms with Crippen molar-refractivity contribution < 1.29 is 9.22 Å². The zero-order valence-electron chi connectivity index (χ0n) is 14.1. The van der Waals surface area contributed by atoms with E-state index in [9.17, 15) is 4.79 Å². The van der Waals surface area contributed by atoms with Gasteiger partial charge < -0.3 is 0 Å². The van der Waals surface area contributed by atoms with E-state index in [1.54, 1.807) is 6.92 Å². The third kappa shape index (κ3) is 3.99. The summed E-state index contributed by atoms with van der Waals surface area (Å²) in [5.41, 5.74) is 4.86. The summed E-state index contributed by atoms with van der Waals surface area (Å²) in [7, 11) is 0. The lowest BCUT2D eigenvalue weighted by molar-refractivity contribution is -0.370. The van der Waals surface area contributed by atoms with Gasteiger partial charge in [0.25, 0.3) is 0 Å². The molecule has 25 heavy (non-hydrogen) atoms. The minimum Gasteiger partial charge on any atom is -0.268 e. The van der Waals surface area contributed by atoms with E-state index in [-0.39, 0.29) is 0 Å². The smallest absolute Gasteiger partial charge is 0.268 e. The van der Waals surface area contributed by atoms with E-state index in [1.165, 1.54) is 0 Å². The van der Waals surface area contributed by atoms with Crippen LogP contribution in [0, 0.1) is 0 Å². The van der Waals surface area contributed by atoms with Gasteiger partial charge >= 0.3 is 5.97 Å². The van der Waals surface area contributed by atoms with Gasteiger partial charge in [-0.15, -0.1) is 0 Å². The number of rotatable bonds is 3. The van der Waals surface area contributed by atoms with Crippen molar-refractivity contribution in [2.75, 3.05) is 0 Å². The molecule has 2 nitrogen and oxygen atoms in total. The number of allylic oxidation sites excluding steroid dienone is 5. The van der Waals surface area contributed by atoms with Gasteiger partial charge in [-0.25, -0.2) is 0 Å². The van der Waals surface area contributed by atoms with Gasteiger partial charge in [0.15, 0.2) is 0 Å². The van der Waals surface area contributed by atoms with Crippen LogP contribution in [0.3, 0.4) is 0 Å². The lowest BCUT2D eigenvalue weighted by Gasteiger charge is -2.13. The quantitative estimate of drug-likeness (QED) is 0.587. The van der Waals surface area contributed by atoms with Gasteiger partial charge in [0.05, 0.1) is 10.4 Å². The average molecular weight is 327 g/mol. The Morgan fingerprint density at radius 2 is 1.28 bits per heavy atom. The normalized spacial score (nSPS) is 12.8. The van der Waals surface area contributed by atoms with E-state index < -0.39 is 5.97 Å². The van der Waals surface area contributed by atoms with Crippen LogP contribution in [0.2, 0.25) is 0 Å². The van der Waals surface area contributed by atoms with Crippen molar-refractivity contribution in [3.8, 4) is 0 Å². The second kappa shape index (κ2) is 7.54. The summed E-state index contributed by atoms with van der Waals surface area (Å²) < 4.78 is 5.27. The molecule has 0 amide bonds. The molecule has 1 aliphatic rings. The molecule has 3 rings (SSSR count). The Bertz CT molecular complexity index is 852. The van der Waals surface area contributed by atoms with Crippen molar-refractivity contribution >= 4 is 17.3 Å². The minimum absolute atomic E-state index is 0.380. The third-order valence-corrected chi connectivity index (χ3v) is 3.83. The molecule has 1 aliphatic carbocycles. The summed E-state index contributed by atoms with van der Waals surface area (Å²) in [6.07, 6.45) is 7.55. The first kappa shape index (κ1) is 16.6. The molecule has 0 spiro atoms. The molecule has 0 bridgehead atoms. The monoisotopic (exact) mass is 327 g/mol. The lowest BCUT2D eigenvalue weighted by atomic mass is 9.91.